The Balaban J connectivity index is 1.47. The summed E-state index contributed by atoms with van der Waals surface area (Å²) in [4.78, 5) is 21.5. The van der Waals surface area contributed by atoms with Crippen LogP contribution in [0.5, 0.6) is 5.75 Å². The summed E-state index contributed by atoms with van der Waals surface area (Å²) in [6, 6.07) is 11.7. The Kier molecular flexibility index (Phi) is 6.48. The quantitative estimate of drug-likeness (QED) is 0.440. The number of methoxy groups -OCH3 is 1. The van der Waals surface area contributed by atoms with Crippen molar-refractivity contribution in [2.45, 2.75) is 25.8 Å². The molecule has 0 aliphatic heterocycles. The van der Waals surface area contributed by atoms with Crippen molar-refractivity contribution in [1.29, 1.82) is 0 Å². The fourth-order valence-corrected chi connectivity index (χ4v) is 3.50. The lowest BCUT2D eigenvalue weighted by molar-refractivity contribution is -0.121. The van der Waals surface area contributed by atoms with Gasteiger partial charge < -0.3 is 19.1 Å². The second kappa shape index (κ2) is 9.64. The van der Waals surface area contributed by atoms with Crippen molar-refractivity contribution in [2.24, 2.45) is 7.05 Å². The highest BCUT2D eigenvalue weighted by atomic mass is 19.1. The average molecular weight is 449 g/mol. The fraction of sp³-hybridized carbons (Fsp3) is 0.250. The van der Waals surface area contributed by atoms with E-state index in [1.54, 1.807) is 32.4 Å². The normalized spacial score (nSPS) is 11.9. The molecule has 4 rings (SSSR count). The van der Waals surface area contributed by atoms with Gasteiger partial charge in [-0.15, -0.1) is 0 Å². The summed E-state index contributed by atoms with van der Waals surface area (Å²) >= 11 is 0. The Labute approximate surface area is 190 Å². The number of para-hydroxylation sites is 1. The van der Waals surface area contributed by atoms with Gasteiger partial charge in [0.2, 0.25) is 17.6 Å². The first-order valence-electron chi connectivity index (χ1n) is 10.4. The van der Waals surface area contributed by atoms with Crippen LogP contribution in [0.15, 0.2) is 59.4 Å². The van der Waals surface area contributed by atoms with Crippen LogP contribution in [0.1, 0.15) is 35.3 Å². The van der Waals surface area contributed by atoms with Crippen molar-refractivity contribution in [3.05, 3.63) is 83.5 Å². The van der Waals surface area contributed by atoms with Gasteiger partial charge in [-0.25, -0.2) is 9.37 Å². The fourth-order valence-electron chi connectivity index (χ4n) is 3.50. The zero-order chi connectivity index (χ0) is 23.4. The molecule has 33 heavy (non-hydrogen) atoms. The molecule has 4 aromatic rings. The maximum absolute atomic E-state index is 13.8. The number of hydrogen-bond donors (Lipinski definition) is 1. The van der Waals surface area contributed by atoms with Crippen molar-refractivity contribution < 1.29 is 18.4 Å². The number of nitrogens with one attached hydrogen (secondary N) is 1. The molecule has 0 saturated heterocycles. The van der Waals surface area contributed by atoms with Gasteiger partial charge in [0, 0.05) is 43.4 Å². The van der Waals surface area contributed by atoms with E-state index in [9.17, 15) is 9.18 Å². The molecule has 9 heteroatoms. The second-order valence-corrected chi connectivity index (χ2v) is 7.61. The van der Waals surface area contributed by atoms with Crippen LogP contribution in [0.2, 0.25) is 0 Å². The van der Waals surface area contributed by atoms with E-state index in [-0.39, 0.29) is 30.4 Å². The Morgan fingerprint density at radius 2 is 2.09 bits per heavy atom. The summed E-state index contributed by atoms with van der Waals surface area (Å²) in [5.41, 5.74) is 1.85. The lowest BCUT2D eigenvalue weighted by Crippen LogP contribution is -2.31. The number of aryl methyl sites for hydroxylation is 3. The number of imidazole rings is 1. The Morgan fingerprint density at radius 1 is 1.27 bits per heavy atom. The molecule has 1 amide bonds. The molecule has 170 valence electrons. The molecule has 1 unspecified atom stereocenters. The molecule has 0 radical (unpaired) electrons. The van der Waals surface area contributed by atoms with E-state index in [0.29, 0.717) is 28.6 Å². The number of benzene rings is 2. The lowest BCUT2D eigenvalue weighted by atomic mass is 10.0. The van der Waals surface area contributed by atoms with Crippen LogP contribution in [0.4, 0.5) is 4.39 Å². The zero-order valence-electron chi connectivity index (χ0n) is 18.6. The third-order valence-corrected chi connectivity index (χ3v) is 5.34. The van der Waals surface area contributed by atoms with Gasteiger partial charge in [0.25, 0.3) is 0 Å². The molecule has 0 bridgehead atoms. The van der Waals surface area contributed by atoms with Crippen LogP contribution < -0.4 is 10.1 Å². The van der Waals surface area contributed by atoms with Gasteiger partial charge in [-0.2, -0.15) is 4.98 Å². The molecule has 2 aromatic heterocycles. The molecule has 0 spiro atoms. The van der Waals surface area contributed by atoms with E-state index >= 15 is 0 Å². The van der Waals surface area contributed by atoms with Crippen molar-refractivity contribution in [3.63, 3.8) is 0 Å². The Morgan fingerprint density at radius 3 is 2.82 bits per heavy atom. The SMILES string of the molecule is COc1ccccc1C(NC(=O)CCc1nc(-c2ccc(C)c(F)c2)no1)c1nccn1C. The highest BCUT2D eigenvalue weighted by Crippen LogP contribution is 2.29. The molecule has 8 nitrogen and oxygen atoms in total. The molecule has 1 atom stereocenters. The molecular weight excluding hydrogens is 425 g/mol. The van der Waals surface area contributed by atoms with Gasteiger partial charge in [-0.3, -0.25) is 4.79 Å². The van der Waals surface area contributed by atoms with Gasteiger partial charge in [-0.05, 0) is 24.6 Å². The molecule has 0 saturated carbocycles. The van der Waals surface area contributed by atoms with Gasteiger partial charge in [-0.1, -0.05) is 35.5 Å². The van der Waals surface area contributed by atoms with Crippen LogP contribution >= 0.6 is 0 Å². The highest BCUT2D eigenvalue weighted by Gasteiger charge is 2.24. The maximum Gasteiger partial charge on any atom is 0.227 e. The van der Waals surface area contributed by atoms with Gasteiger partial charge >= 0.3 is 0 Å². The summed E-state index contributed by atoms with van der Waals surface area (Å²) < 4.78 is 26.4. The van der Waals surface area contributed by atoms with Gasteiger partial charge in [0.05, 0.1) is 7.11 Å². The van der Waals surface area contributed by atoms with E-state index in [1.807, 2.05) is 42.1 Å². The molecular formula is C24H24FN5O3. The van der Waals surface area contributed by atoms with Crippen LogP contribution in [-0.2, 0) is 18.3 Å². The molecule has 2 heterocycles. The van der Waals surface area contributed by atoms with Crippen molar-refractivity contribution in [1.82, 2.24) is 25.0 Å². The number of aromatic nitrogens is 4. The van der Waals surface area contributed by atoms with Crippen LogP contribution in [0, 0.1) is 12.7 Å². The predicted octanol–water partition coefficient (Wildman–Crippen LogP) is 3.76. The summed E-state index contributed by atoms with van der Waals surface area (Å²) in [5, 5.41) is 6.94. The topological polar surface area (TPSA) is 95.1 Å². The first kappa shape index (κ1) is 22.2. The van der Waals surface area contributed by atoms with E-state index in [2.05, 4.69) is 20.4 Å². The van der Waals surface area contributed by atoms with Crippen molar-refractivity contribution in [2.75, 3.05) is 7.11 Å². The third kappa shape index (κ3) is 4.92. The van der Waals surface area contributed by atoms with Gasteiger partial charge in [0.1, 0.15) is 23.4 Å². The molecule has 0 aliphatic rings. The zero-order valence-corrected chi connectivity index (χ0v) is 18.6. The molecule has 2 aromatic carbocycles. The Bertz CT molecular complexity index is 1270. The third-order valence-electron chi connectivity index (χ3n) is 5.34. The summed E-state index contributed by atoms with van der Waals surface area (Å²) in [6.45, 7) is 1.68. The standard InChI is InChI=1S/C24H24FN5O3/c1-15-8-9-16(14-18(15)25)23-28-21(33-29-23)11-10-20(31)27-22(24-26-12-13-30(24)2)17-6-4-5-7-19(17)32-3/h4-9,12-14,22H,10-11H2,1-3H3,(H,27,31). The predicted molar refractivity (Wildman–Crippen MR) is 119 cm³/mol. The van der Waals surface area contributed by atoms with Crippen molar-refractivity contribution >= 4 is 5.91 Å². The first-order valence-corrected chi connectivity index (χ1v) is 10.4. The number of ether oxygens (including phenoxy) is 1. The number of hydrogen-bond acceptors (Lipinski definition) is 6. The van der Waals surface area contributed by atoms with Crippen LogP contribution in [0.3, 0.4) is 0 Å². The van der Waals surface area contributed by atoms with E-state index in [0.717, 1.165) is 5.56 Å². The van der Waals surface area contributed by atoms with Crippen LogP contribution in [-0.4, -0.2) is 32.7 Å². The first-order chi connectivity index (χ1) is 16.0. The summed E-state index contributed by atoms with van der Waals surface area (Å²) in [7, 11) is 3.45. The largest absolute Gasteiger partial charge is 0.496 e. The number of carbonyl (C=O) groups excluding carboxylic acids is 1. The van der Waals surface area contributed by atoms with E-state index < -0.39 is 6.04 Å². The number of nitrogens with zero attached hydrogens (tertiary/aromatic N) is 4. The summed E-state index contributed by atoms with van der Waals surface area (Å²) in [5.74, 6) is 1.35. The van der Waals surface area contributed by atoms with E-state index in [4.69, 9.17) is 9.26 Å². The summed E-state index contributed by atoms with van der Waals surface area (Å²) in [6.07, 6.45) is 3.86. The minimum Gasteiger partial charge on any atom is -0.496 e. The smallest absolute Gasteiger partial charge is 0.227 e. The number of carbonyl (C=O) groups is 1. The number of rotatable bonds is 8. The minimum absolute atomic E-state index is 0.125. The second-order valence-electron chi connectivity index (χ2n) is 7.61. The van der Waals surface area contributed by atoms with Crippen LogP contribution in [0.25, 0.3) is 11.4 Å². The maximum atomic E-state index is 13.8. The van der Waals surface area contributed by atoms with Gasteiger partial charge in [0.15, 0.2) is 0 Å². The minimum atomic E-state index is -0.498. The molecule has 0 fully saturated rings. The highest BCUT2D eigenvalue weighted by molar-refractivity contribution is 5.77. The lowest BCUT2D eigenvalue weighted by Gasteiger charge is -2.21. The van der Waals surface area contributed by atoms with Crippen molar-refractivity contribution in [3.8, 4) is 17.1 Å². The van der Waals surface area contributed by atoms with E-state index in [1.165, 1.54) is 6.07 Å². The number of amides is 1. The average Bonchev–Trinajstić information content (AvgIpc) is 3.47. The Hall–Kier alpha value is -4.01. The number of halogens is 1. The molecule has 0 aliphatic carbocycles. The monoisotopic (exact) mass is 449 g/mol. The molecule has 1 N–H and O–H groups in total.